The number of hydrogen-bond donors (Lipinski definition) is 4. The molecule has 0 aliphatic carbocycles. The van der Waals surface area contributed by atoms with Crippen molar-refractivity contribution in [1.82, 2.24) is 20.2 Å². The number of amides is 3. The molecule has 0 bridgehead atoms. The predicted molar refractivity (Wildman–Crippen MR) is 119 cm³/mol. The first-order valence-corrected chi connectivity index (χ1v) is 10.2. The Balaban J connectivity index is 1.79. The summed E-state index contributed by atoms with van der Waals surface area (Å²) < 4.78 is 14.7. The van der Waals surface area contributed by atoms with Crippen LogP contribution in [0.15, 0.2) is 35.4 Å². The maximum Gasteiger partial charge on any atom is 0.317 e. The highest BCUT2D eigenvalue weighted by Crippen LogP contribution is 2.26. The average molecular weight is 442 g/mol. The van der Waals surface area contributed by atoms with Gasteiger partial charge < -0.3 is 21.4 Å². The fraction of sp³-hybridized carbons (Fsp3) is 0.333. The van der Waals surface area contributed by atoms with Gasteiger partial charge in [0.15, 0.2) is 5.84 Å². The van der Waals surface area contributed by atoms with Crippen LogP contribution in [0.1, 0.15) is 48.0 Å². The van der Waals surface area contributed by atoms with E-state index in [9.17, 15) is 14.0 Å². The molecule has 1 aromatic carbocycles. The molecule has 32 heavy (non-hydrogen) atoms. The zero-order chi connectivity index (χ0) is 23.4. The molecule has 2 aromatic rings. The second-order valence-corrected chi connectivity index (χ2v) is 7.61. The number of hydrazone groups is 1. The first-order chi connectivity index (χ1) is 15.2. The summed E-state index contributed by atoms with van der Waals surface area (Å²) in [6, 6.07) is 7.31. The van der Waals surface area contributed by atoms with Crippen molar-refractivity contribution < 1.29 is 14.0 Å². The van der Waals surface area contributed by atoms with Crippen LogP contribution in [0, 0.1) is 5.82 Å². The second-order valence-electron chi connectivity index (χ2n) is 7.61. The molecule has 0 saturated carbocycles. The number of rotatable bonds is 5. The van der Waals surface area contributed by atoms with E-state index in [0.717, 1.165) is 5.56 Å². The maximum absolute atomic E-state index is 14.7. The molecule has 1 aliphatic rings. The van der Waals surface area contributed by atoms with Crippen molar-refractivity contribution in [2.24, 2.45) is 16.8 Å². The number of hydrogen-bond acceptors (Lipinski definition) is 6. The first kappa shape index (κ1) is 22.9. The minimum atomic E-state index is -0.674. The molecule has 1 aromatic heterocycles. The largest absolute Gasteiger partial charge is 0.338 e. The number of urea groups is 1. The monoisotopic (exact) mass is 442 g/mol. The zero-order valence-corrected chi connectivity index (χ0v) is 18.2. The van der Waals surface area contributed by atoms with Crippen LogP contribution in [0.25, 0.3) is 0 Å². The van der Waals surface area contributed by atoms with E-state index in [-0.39, 0.29) is 35.8 Å². The van der Waals surface area contributed by atoms with Crippen molar-refractivity contribution in [2.45, 2.75) is 39.9 Å². The number of nitrogens with two attached hydrogens (primary N) is 2. The van der Waals surface area contributed by atoms with E-state index in [1.165, 1.54) is 17.1 Å². The third-order valence-electron chi connectivity index (χ3n) is 5.01. The van der Waals surface area contributed by atoms with Crippen LogP contribution < -0.4 is 22.3 Å². The highest BCUT2D eigenvalue weighted by Gasteiger charge is 2.26. The fourth-order valence-corrected chi connectivity index (χ4v) is 3.32. The summed E-state index contributed by atoms with van der Waals surface area (Å²) in [6.45, 7) is 6.63. The second kappa shape index (κ2) is 9.60. The molecule has 0 unspecified atom stereocenters. The Morgan fingerprint density at radius 1 is 1.28 bits per heavy atom. The lowest BCUT2D eigenvalue weighted by atomic mass is 10.1. The molecule has 3 amide bonds. The fourth-order valence-electron chi connectivity index (χ4n) is 3.32. The number of carbonyl (C=O) groups is 2. The Morgan fingerprint density at radius 3 is 2.59 bits per heavy atom. The molecule has 0 radical (unpaired) electrons. The summed E-state index contributed by atoms with van der Waals surface area (Å²) in [5, 5.41) is 10.4. The number of nitrogens with zero attached hydrogens (tertiary/aromatic N) is 4. The number of benzene rings is 1. The number of pyridine rings is 1. The standard InChI is InChI=1S/C21H27FN8O2/c1-4-25-21(32)29-10-13-8-15(16(22)9-14(13)11-29)20(31)27-18-7-5-6-17(26-18)19(28-23)30(24)12(2)3/h5-9,12H,4,10-11,23-24H2,1-3H3,(H,25,32)(H,26,27,31)/b28-19-. The molecule has 0 fully saturated rings. The Morgan fingerprint density at radius 2 is 1.97 bits per heavy atom. The van der Waals surface area contributed by atoms with E-state index in [2.05, 4.69) is 20.7 Å². The molecule has 0 saturated heterocycles. The van der Waals surface area contributed by atoms with Gasteiger partial charge in [-0.2, -0.15) is 5.10 Å². The summed E-state index contributed by atoms with van der Waals surface area (Å²) in [4.78, 5) is 30.7. The molecule has 170 valence electrons. The highest BCUT2D eigenvalue weighted by molar-refractivity contribution is 6.04. The van der Waals surface area contributed by atoms with E-state index in [0.29, 0.717) is 24.3 Å². The van der Waals surface area contributed by atoms with Crippen molar-refractivity contribution in [1.29, 1.82) is 0 Å². The summed E-state index contributed by atoms with van der Waals surface area (Å²) >= 11 is 0. The number of aromatic nitrogens is 1. The van der Waals surface area contributed by atoms with Crippen molar-refractivity contribution in [3.63, 3.8) is 0 Å². The highest BCUT2D eigenvalue weighted by atomic mass is 19.1. The van der Waals surface area contributed by atoms with Crippen LogP contribution in [-0.4, -0.2) is 45.3 Å². The van der Waals surface area contributed by atoms with Gasteiger partial charge in [-0.3, -0.25) is 9.80 Å². The SMILES string of the molecule is CCNC(=O)N1Cc2cc(F)c(C(=O)Nc3cccc(/C(=N/N)N(N)C(C)C)n3)cc2C1. The Labute approximate surface area is 185 Å². The number of hydrazine groups is 1. The number of fused-ring (bicyclic) bond motifs is 1. The molecule has 6 N–H and O–H groups in total. The van der Waals surface area contributed by atoms with Gasteiger partial charge in [-0.1, -0.05) is 6.07 Å². The van der Waals surface area contributed by atoms with Crippen molar-refractivity contribution in [3.8, 4) is 0 Å². The third kappa shape index (κ3) is 4.78. The van der Waals surface area contributed by atoms with Crippen molar-refractivity contribution >= 4 is 23.6 Å². The van der Waals surface area contributed by atoms with Crippen LogP contribution in [0.5, 0.6) is 0 Å². The van der Waals surface area contributed by atoms with Crippen molar-refractivity contribution in [3.05, 3.63) is 58.5 Å². The van der Waals surface area contributed by atoms with Gasteiger partial charge in [-0.15, -0.1) is 0 Å². The Hall–Kier alpha value is -3.73. The smallest absolute Gasteiger partial charge is 0.317 e. The zero-order valence-electron chi connectivity index (χ0n) is 18.2. The van der Waals surface area contributed by atoms with Crippen LogP contribution in [0.2, 0.25) is 0 Å². The molecule has 10 nitrogen and oxygen atoms in total. The van der Waals surface area contributed by atoms with E-state index in [1.54, 1.807) is 23.1 Å². The Bertz CT molecular complexity index is 1060. The van der Waals surface area contributed by atoms with E-state index < -0.39 is 11.7 Å². The summed E-state index contributed by atoms with van der Waals surface area (Å²) in [5.74, 6) is 10.5. The maximum atomic E-state index is 14.7. The minimum Gasteiger partial charge on any atom is -0.338 e. The summed E-state index contributed by atoms with van der Waals surface area (Å²) in [5.41, 5.74) is 1.61. The van der Waals surface area contributed by atoms with E-state index in [1.807, 2.05) is 20.8 Å². The molecule has 3 rings (SSSR count). The number of anilines is 1. The predicted octanol–water partition coefficient (Wildman–Crippen LogP) is 1.72. The lowest BCUT2D eigenvalue weighted by Gasteiger charge is -2.23. The van der Waals surface area contributed by atoms with Crippen LogP contribution in [0.3, 0.4) is 0 Å². The minimum absolute atomic E-state index is 0.0863. The first-order valence-electron chi connectivity index (χ1n) is 10.2. The molecular weight excluding hydrogens is 415 g/mol. The van der Waals surface area contributed by atoms with E-state index >= 15 is 0 Å². The third-order valence-corrected chi connectivity index (χ3v) is 5.01. The topological polar surface area (TPSA) is 142 Å². The van der Waals surface area contributed by atoms with Gasteiger partial charge in [0, 0.05) is 25.7 Å². The molecule has 11 heteroatoms. The van der Waals surface area contributed by atoms with Gasteiger partial charge in [-0.25, -0.2) is 20.0 Å². The number of amidine groups is 1. The molecule has 2 heterocycles. The molecule has 0 atom stereocenters. The number of nitrogens with one attached hydrogen (secondary N) is 2. The number of carbonyl (C=O) groups excluding carboxylic acids is 2. The van der Waals surface area contributed by atoms with Crippen LogP contribution in [0.4, 0.5) is 15.0 Å². The summed E-state index contributed by atoms with van der Waals surface area (Å²) in [6.07, 6.45) is 0. The van der Waals surface area contributed by atoms with Crippen LogP contribution >= 0.6 is 0 Å². The molecule has 0 spiro atoms. The average Bonchev–Trinajstić information content (AvgIpc) is 3.17. The Kier molecular flexibility index (Phi) is 6.89. The van der Waals surface area contributed by atoms with E-state index in [4.69, 9.17) is 11.7 Å². The summed E-state index contributed by atoms with van der Waals surface area (Å²) in [7, 11) is 0. The van der Waals surface area contributed by atoms with Gasteiger partial charge in [0.25, 0.3) is 5.91 Å². The van der Waals surface area contributed by atoms with Crippen LogP contribution in [-0.2, 0) is 13.1 Å². The quantitative estimate of drug-likeness (QED) is 0.240. The van der Waals surface area contributed by atoms with Gasteiger partial charge in [0.05, 0.1) is 5.56 Å². The normalized spacial score (nSPS) is 13.2. The lowest BCUT2D eigenvalue weighted by molar-refractivity contribution is 0.102. The van der Waals surface area contributed by atoms with Gasteiger partial charge >= 0.3 is 6.03 Å². The number of halogens is 1. The van der Waals surface area contributed by atoms with Gasteiger partial charge in [-0.05, 0) is 56.2 Å². The molecular formula is C21H27FN8O2. The van der Waals surface area contributed by atoms with Gasteiger partial charge in [0.1, 0.15) is 17.3 Å². The van der Waals surface area contributed by atoms with Crippen molar-refractivity contribution in [2.75, 3.05) is 11.9 Å². The van der Waals surface area contributed by atoms with Gasteiger partial charge in [0.2, 0.25) is 0 Å². The lowest BCUT2D eigenvalue weighted by Crippen LogP contribution is -2.44. The molecule has 1 aliphatic heterocycles.